The van der Waals surface area contributed by atoms with Crippen LogP contribution in [0.1, 0.15) is 109 Å². The highest BCUT2D eigenvalue weighted by atomic mass is 16.5. The Balaban J connectivity index is 1.24. The van der Waals surface area contributed by atoms with E-state index in [2.05, 4.69) is 16.0 Å². The molecule has 0 aromatic rings. The maximum absolute atomic E-state index is 12.1. The van der Waals surface area contributed by atoms with Gasteiger partial charge in [0.25, 0.3) is 0 Å². The van der Waals surface area contributed by atoms with Crippen LogP contribution in [0.5, 0.6) is 0 Å². The lowest BCUT2D eigenvalue weighted by molar-refractivity contribution is -0.126. The predicted octanol–water partition coefficient (Wildman–Crippen LogP) is 4.49. The number of amides is 2. The molecule has 0 spiro atoms. The first-order valence-electron chi connectivity index (χ1n) is 14.7. The van der Waals surface area contributed by atoms with Gasteiger partial charge in [0.05, 0.1) is 26.4 Å². The second-order valence-electron chi connectivity index (χ2n) is 10.4. The first kappa shape index (κ1) is 30.0. The molecule has 2 aliphatic carbocycles. The number of rotatable bonds is 20. The maximum Gasteiger partial charge on any atom is 0.223 e. The first-order valence-corrected chi connectivity index (χ1v) is 14.7. The van der Waals surface area contributed by atoms with Gasteiger partial charge in [-0.05, 0) is 38.5 Å². The number of ether oxygens (including phenoxy) is 2. The van der Waals surface area contributed by atoms with E-state index in [1.165, 1.54) is 64.2 Å². The summed E-state index contributed by atoms with van der Waals surface area (Å²) in [6, 6.07) is 0.679. The summed E-state index contributed by atoms with van der Waals surface area (Å²) in [4.78, 5) is 24.0. The molecule has 0 unspecified atom stereocenters. The molecule has 3 N–H and O–H groups in total. The molecule has 2 aliphatic rings. The van der Waals surface area contributed by atoms with E-state index in [0.717, 1.165) is 64.8 Å². The van der Waals surface area contributed by atoms with Gasteiger partial charge in [-0.15, -0.1) is 0 Å². The molecule has 0 radical (unpaired) electrons. The molecule has 35 heavy (non-hydrogen) atoms. The lowest BCUT2D eigenvalue weighted by Crippen LogP contribution is -2.33. The molecule has 0 atom stereocenters. The highest BCUT2D eigenvalue weighted by Gasteiger charge is 2.20. The highest BCUT2D eigenvalue weighted by Crippen LogP contribution is 2.23. The van der Waals surface area contributed by atoms with Crippen molar-refractivity contribution < 1.29 is 19.1 Å². The van der Waals surface area contributed by atoms with E-state index < -0.39 is 0 Å². The van der Waals surface area contributed by atoms with Crippen LogP contribution in [-0.4, -0.2) is 63.9 Å². The Labute approximate surface area is 214 Å². The van der Waals surface area contributed by atoms with Gasteiger partial charge in [-0.1, -0.05) is 64.2 Å². The standard InChI is InChI=1S/C28H53N3O4/c32-27(17-21-34-23-24-35-22-20-29-26-15-9-6-10-16-26)30-18-11-3-1-2-4-12-19-31-28(33)25-13-7-5-8-14-25/h25-26,29H,1-24H2,(H,30,32)(H,31,33). The normalized spacial score (nSPS) is 17.4. The molecule has 0 saturated heterocycles. The fraction of sp³-hybridized carbons (Fsp3) is 0.929. The molecule has 2 amide bonds. The minimum Gasteiger partial charge on any atom is -0.379 e. The lowest BCUT2D eigenvalue weighted by atomic mass is 9.88. The smallest absolute Gasteiger partial charge is 0.223 e. The topological polar surface area (TPSA) is 88.7 Å². The minimum atomic E-state index is 0.0660. The van der Waals surface area contributed by atoms with Gasteiger partial charge < -0.3 is 25.4 Å². The van der Waals surface area contributed by atoms with Gasteiger partial charge >= 0.3 is 0 Å². The molecule has 2 saturated carbocycles. The van der Waals surface area contributed by atoms with Gasteiger partial charge in [-0.2, -0.15) is 0 Å². The van der Waals surface area contributed by atoms with Crippen LogP contribution >= 0.6 is 0 Å². The third kappa shape index (κ3) is 16.2. The van der Waals surface area contributed by atoms with Crippen molar-refractivity contribution in [2.75, 3.05) is 46.1 Å². The summed E-state index contributed by atoms with van der Waals surface area (Å²) in [6.45, 7) is 4.77. The average molecular weight is 496 g/mol. The van der Waals surface area contributed by atoms with Crippen LogP contribution in [0.15, 0.2) is 0 Å². The average Bonchev–Trinajstić information content (AvgIpc) is 2.89. The largest absolute Gasteiger partial charge is 0.379 e. The zero-order valence-electron chi connectivity index (χ0n) is 22.3. The molecular weight excluding hydrogens is 442 g/mol. The van der Waals surface area contributed by atoms with E-state index in [1.807, 2.05) is 0 Å². The van der Waals surface area contributed by atoms with Gasteiger partial charge in [0.2, 0.25) is 11.8 Å². The summed E-state index contributed by atoms with van der Waals surface area (Å²) in [6.07, 6.45) is 19.7. The third-order valence-corrected chi connectivity index (χ3v) is 7.33. The summed E-state index contributed by atoms with van der Waals surface area (Å²) in [7, 11) is 0. The van der Waals surface area contributed by atoms with Gasteiger partial charge in [-0.3, -0.25) is 9.59 Å². The predicted molar refractivity (Wildman–Crippen MR) is 141 cm³/mol. The van der Waals surface area contributed by atoms with Crippen LogP contribution in [0.3, 0.4) is 0 Å². The molecule has 0 aromatic carbocycles. The monoisotopic (exact) mass is 495 g/mol. The van der Waals surface area contributed by atoms with Crippen molar-refractivity contribution in [2.45, 2.75) is 115 Å². The molecule has 2 rings (SSSR count). The Kier molecular flexibility index (Phi) is 18.0. The van der Waals surface area contributed by atoms with Crippen LogP contribution in [0, 0.1) is 5.92 Å². The van der Waals surface area contributed by atoms with E-state index in [9.17, 15) is 9.59 Å². The van der Waals surface area contributed by atoms with Gasteiger partial charge in [0, 0.05) is 38.0 Å². The van der Waals surface area contributed by atoms with Crippen molar-refractivity contribution in [1.29, 1.82) is 0 Å². The lowest BCUT2D eigenvalue weighted by Gasteiger charge is -2.22. The molecule has 204 valence electrons. The third-order valence-electron chi connectivity index (χ3n) is 7.33. The second kappa shape index (κ2) is 21.0. The Morgan fingerprint density at radius 3 is 1.86 bits per heavy atom. The number of hydrogen-bond donors (Lipinski definition) is 3. The summed E-state index contributed by atoms with van der Waals surface area (Å²) in [5.41, 5.74) is 0. The first-order chi connectivity index (χ1) is 17.3. The summed E-state index contributed by atoms with van der Waals surface area (Å²) in [5.74, 6) is 0.607. The fourth-order valence-electron chi connectivity index (χ4n) is 5.12. The number of carbonyl (C=O) groups is 2. The van der Waals surface area contributed by atoms with Crippen LogP contribution in [0.2, 0.25) is 0 Å². The minimum absolute atomic E-state index is 0.0660. The fourth-order valence-corrected chi connectivity index (χ4v) is 5.12. The van der Waals surface area contributed by atoms with Crippen molar-refractivity contribution in [1.82, 2.24) is 16.0 Å². The molecule has 0 heterocycles. The Hall–Kier alpha value is -1.18. The number of hydrogen-bond acceptors (Lipinski definition) is 5. The summed E-state index contributed by atoms with van der Waals surface area (Å²) < 4.78 is 11.1. The zero-order valence-corrected chi connectivity index (χ0v) is 22.3. The maximum atomic E-state index is 12.1. The second-order valence-corrected chi connectivity index (χ2v) is 10.4. The van der Waals surface area contributed by atoms with E-state index in [-0.39, 0.29) is 17.7 Å². The van der Waals surface area contributed by atoms with Crippen LogP contribution < -0.4 is 16.0 Å². The highest BCUT2D eigenvalue weighted by molar-refractivity contribution is 5.78. The Bertz CT molecular complexity index is 534. The number of carbonyl (C=O) groups excluding carboxylic acids is 2. The molecule has 0 bridgehead atoms. The van der Waals surface area contributed by atoms with Crippen molar-refractivity contribution >= 4 is 11.8 Å². The Morgan fingerprint density at radius 1 is 0.600 bits per heavy atom. The zero-order chi connectivity index (χ0) is 24.8. The van der Waals surface area contributed by atoms with E-state index >= 15 is 0 Å². The molecule has 7 nitrogen and oxygen atoms in total. The van der Waals surface area contributed by atoms with Crippen molar-refractivity contribution in [2.24, 2.45) is 5.92 Å². The SMILES string of the molecule is O=C(CCOCCOCCNC1CCCCC1)NCCCCCCCCNC(=O)C1CCCCC1. The molecule has 7 heteroatoms. The Morgan fingerprint density at radius 2 is 1.17 bits per heavy atom. The molecule has 0 aromatic heterocycles. The van der Waals surface area contributed by atoms with Crippen molar-refractivity contribution in [3.8, 4) is 0 Å². The summed E-state index contributed by atoms with van der Waals surface area (Å²) >= 11 is 0. The quantitative estimate of drug-likeness (QED) is 0.217. The van der Waals surface area contributed by atoms with Crippen molar-refractivity contribution in [3.05, 3.63) is 0 Å². The van der Waals surface area contributed by atoms with Crippen LogP contribution in [0.4, 0.5) is 0 Å². The number of nitrogens with one attached hydrogen (secondary N) is 3. The van der Waals surface area contributed by atoms with Gasteiger partial charge in [0.15, 0.2) is 0 Å². The molecule has 0 aliphatic heterocycles. The molecule has 2 fully saturated rings. The van der Waals surface area contributed by atoms with Crippen molar-refractivity contribution in [3.63, 3.8) is 0 Å². The van der Waals surface area contributed by atoms with Gasteiger partial charge in [-0.25, -0.2) is 0 Å². The van der Waals surface area contributed by atoms with E-state index in [1.54, 1.807) is 0 Å². The number of unbranched alkanes of at least 4 members (excludes halogenated alkanes) is 5. The van der Waals surface area contributed by atoms with Crippen LogP contribution in [-0.2, 0) is 19.1 Å². The molecular formula is C28H53N3O4. The summed E-state index contributed by atoms with van der Waals surface area (Å²) in [5, 5.41) is 9.66. The van der Waals surface area contributed by atoms with E-state index in [4.69, 9.17) is 9.47 Å². The van der Waals surface area contributed by atoms with E-state index in [0.29, 0.717) is 32.3 Å². The van der Waals surface area contributed by atoms with Crippen LogP contribution in [0.25, 0.3) is 0 Å². The van der Waals surface area contributed by atoms with Gasteiger partial charge in [0.1, 0.15) is 0 Å².